The van der Waals surface area contributed by atoms with Crippen LogP contribution in [0, 0.1) is 12.7 Å². The van der Waals surface area contributed by atoms with E-state index in [2.05, 4.69) is 4.98 Å². The molecule has 0 saturated heterocycles. The van der Waals surface area contributed by atoms with Crippen molar-refractivity contribution in [2.24, 2.45) is 0 Å². The lowest BCUT2D eigenvalue weighted by Gasteiger charge is -2.29. The van der Waals surface area contributed by atoms with Crippen LogP contribution in [0.5, 0.6) is 5.75 Å². The number of pyridine rings is 1. The van der Waals surface area contributed by atoms with Crippen molar-refractivity contribution in [2.45, 2.75) is 31.7 Å². The molecule has 7 nitrogen and oxygen atoms in total. The van der Waals surface area contributed by atoms with Gasteiger partial charge in [0.1, 0.15) is 29.6 Å². The van der Waals surface area contributed by atoms with E-state index in [1.165, 1.54) is 10.6 Å². The number of fused-ring (bicyclic) bond motifs is 1. The minimum atomic E-state index is -2.85. The van der Waals surface area contributed by atoms with E-state index in [1.54, 1.807) is 34.1 Å². The van der Waals surface area contributed by atoms with Crippen LogP contribution in [-0.4, -0.2) is 50.5 Å². The van der Waals surface area contributed by atoms with E-state index < -0.39 is 17.7 Å². The molecule has 5 rings (SSSR count). The van der Waals surface area contributed by atoms with Gasteiger partial charge in [0.15, 0.2) is 0 Å². The molecule has 1 atom stereocenters. The van der Waals surface area contributed by atoms with Crippen molar-refractivity contribution < 1.29 is 22.7 Å². The van der Waals surface area contributed by atoms with Gasteiger partial charge in [0, 0.05) is 31.3 Å². The first-order valence-electron chi connectivity index (χ1n) is 10.6. The Morgan fingerprint density at radius 3 is 2.67 bits per heavy atom. The topological polar surface area (TPSA) is 69.4 Å². The average Bonchev–Trinajstić information content (AvgIpc) is 3.19. The summed E-state index contributed by atoms with van der Waals surface area (Å²) in [7, 11) is 0. The van der Waals surface area contributed by atoms with Gasteiger partial charge in [0.2, 0.25) is 0 Å². The van der Waals surface area contributed by atoms with Gasteiger partial charge in [-0.05, 0) is 37.3 Å². The quantitative estimate of drug-likeness (QED) is 0.569. The number of ether oxygens (including phenoxy) is 1. The molecule has 1 aromatic carbocycles. The highest BCUT2D eigenvalue weighted by atomic mass is 19.3. The van der Waals surface area contributed by atoms with Gasteiger partial charge in [-0.2, -0.15) is 0 Å². The van der Waals surface area contributed by atoms with Crippen molar-refractivity contribution in [3.63, 3.8) is 0 Å². The zero-order chi connectivity index (χ0) is 23.3. The fourth-order valence-corrected chi connectivity index (χ4v) is 4.16. The molecule has 1 amide bonds. The Morgan fingerprint density at radius 2 is 1.97 bits per heavy atom. The highest BCUT2D eigenvalue weighted by molar-refractivity contribution is 5.93. The van der Waals surface area contributed by atoms with Crippen LogP contribution in [0.4, 0.5) is 13.2 Å². The Hall–Kier alpha value is -3.56. The molecule has 1 aliphatic carbocycles. The van der Waals surface area contributed by atoms with Crippen LogP contribution in [0.1, 0.15) is 34.1 Å². The first-order chi connectivity index (χ1) is 15.7. The minimum Gasteiger partial charge on any atom is -0.491 e. The van der Waals surface area contributed by atoms with E-state index in [-0.39, 0.29) is 48.0 Å². The highest BCUT2D eigenvalue weighted by Crippen LogP contribution is 2.57. The van der Waals surface area contributed by atoms with Crippen LogP contribution in [0.15, 0.2) is 47.7 Å². The monoisotopic (exact) mass is 458 g/mol. The number of hydrogen-bond acceptors (Lipinski definition) is 4. The van der Waals surface area contributed by atoms with Gasteiger partial charge in [-0.1, -0.05) is 0 Å². The second-order valence-corrected chi connectivity index (χ2v) is 8.32. The second-order valence-electron chi connectivity index (χ2n) is 8.32. The van der Waals surface area contributed by atoms with E-state index in [4.69, 9.17) is 4.74 Å². The molecule has 0 N–H and O–H groups in total. The maximum absolute atomic E-state index is 13.6. The predicted molar refractivity (Wildman–Crippen MR) is 113 cm³/mol. The molecular weight excluding hydrogens is 437 g/mol. The molecule has 0 spiro atoms. The zero-order valence-corrected chi connectivity index (χ0v) is 17.8. The molecule has 2 aliphatic rings. The number of halogens is 3. The minimum absolute atomic E-state index is 0.0549. The summed E-state index contributed by atoms with van der Waals surface area (Å²) in [5.41, 5.74) is 1.31. The Kier molecular flexibility index (Phi) is 5.02. The Balaban J connectivity index is 1.28. The summed E-state index contributed by atoms with van der Waals surface area (Å²) in [6, 6.07) is 6.77. The summed E-state index contributed by atoms with van der Waals surface area (Å²) in [6.07, 6.45) is 2.96. The zero-order valence-electron chi connectivity index (χ0n) is 17.8. The average molecular weight is 458 g/mol. The number of amides is 1. The molecule has 3 aromatic rings. The van der Waals surface area contributed by atoms with E-state index in [9.17, 15) is 22.8 Å². The number of rotatable bonds is 6. The summed E-state index contributed by atoms with van der Waals surface area (Å²) >= 11 is 0. The smallest absolute Gasteiger partial charge is 0.275 e. The van der Waals surface area contributed by atoms with Crippen molar-refractivity contribution in [2.75, 3.05) is 19.7 Å². The van der Waals surface area contributed by atoms with Gasteiger partial charge in [-0.15, -0.1) is 0 Å². The SMILES string of the molecule is Cc1cn(-c2ccc3n(c2=O)CCN(CCOc2ccc(F)cc2C2CC2(F)F)C3=O)cn1. The van der Waals surface area contributed by atoms with Gasteiger partial charge < -0.3 is 18.8 Å². The van der Waals surface area contributed by atoms with Crippen LogP contribution in [-0.2, 0) is 6.54 Å². The molecule has 1 unspecified atom stereocenters. The van der Waals surface area contributed by atoms with Crippen LogP contribution >= 0.6 is 0 Å². The Bertz CT molecular complexity index is 1300. The van der Waals surface area contributed by atoms with Gasteiger partial charge in [-0.3, -0.25) is 9.59 Å². The maximum Gasteiger partial charge on any atom is 0.275 e. The number of hydrogen-bond donors (Lipinski definition) is 0. The van der Waals surface area contributed by atoms with E-state index >= 15 is 0 Å². The summed E-state index contributed by atoms with van der Waals surface area (Å²) in [5, 5.41) is 0. The van der Waals surface area contributed by atoms with Crippen LogP contribution in [0.3, 0.4) is 0 Å². The predicted octanol–water partition coefficient (Wildman–Crippen LogP) is 3.14. The van der Waals surface area contributed by atoms with Gasteiger partial charge in [-0.25, -0.2) is 18.2 Å². The molecule has 33 heavy (non-hydrogen) atoms. The van der Waals surface area contributed by atoms with Crippen LogP contribution in [0.2, 0.25) is 0 Å². The third-order valence-corrected chi connectivity index (χ3v) is 6.04. The molecule has 10 heteroatoms. The number of imidazole rings is 1. The third kappa shape index (κ3) is 3.90. The van der Waals surface area contributed by atoms with Crippen LogP contribution < -0.4 is 10.3 Å². The number of alkyl halides is 2. The molecule has 1 aliphatic heterocycles. The lowest BCUT2D eigenvalue weighted by atomic mass is 10.1. The molecule has 172 valence electrons. The number of benzene rings is 1. The van der Waals surface area contributed by atoms with Crippen molar-refractivity contribution in [1.29, 1.82) is 0 Å². The first kappa shape index (κ1) is 21.3. The Labute approximate surface area is 187 Å². The van der Waals surface area contributed by atoms with Gasteiger partial charge in [0.25, 0.3) is 17.4 Å². The van der Waals surface area contributed by atoms with Crippen molar-refractivity contribution in [1.82, 2.24) is 19.0 Å². The fourth-order valence-electron chi connectivity index (χ4n) is 4.16. The Morgan fingerprint density at radius 1 is 1.18 bits per heavy atom. The molecule has 0 bridgehead atoms. The van der Waals surface area contributed by atoms with Crippen molar-refractivity contribution in [3.8, 4) is 11.4 Å². The van der Waals surface area contributed by atoms with E-state index in [0.717, 1.165) is 17.8 Å². The highest BCUT2D eigenvalue weighted by Gasteiger charge is 2.58. The van der Waals surface area contributed by atoms with Crippen molar-refractivity contribution in [3.05, 3.63) is 76.0 Å². The van der Waals surface area contributed by atoms with Crippen LogP contribution in [0.25, 0.3) is 5.69 Å². The summed E-state index contributed by atoms with van der Waals surface area (Å²) in [5.74, 6) is -4.62. The lowest BCUT2D eigenvalue weighted by Crippen LogP contribution is -2.46. The van der Waals surface area contributed by atoms with E-state index in [1.807, 2.05) is 6.92 Å². The largest absolute Gasteiger partial charge is 0.491 e. The molecule has 2 aromatic heterocycles. The first-order valence-corrected chi connectivity index (χ1v) is 10.6. The second kappa shape index (κ2) is 7.79. The number of carbonyl (C=O) groups is 1. The van der Waals surface area contributed by atoms with Gasteiger partial charge in [0.05, 0.1) is 24.5 Å². The van der Waals surface area contributed by atoms with Crippen molar-refractivity contribution >= 4 is 5.91 Å². The van der Waals surface area contributed by atoms with Gasteiger partial charge >= 0.3 is 0 Å². The number of nitrogens with zero attached hydrogens (tertiary/aromatic N) is 4. The molecule has 1 saturated carbocycles. The number of carbonyl (C=O) groups excluding carboxylic acids is 1. The normalized spacial score (nSPS) is 18.8. The molecule has 3 heterocycles. The summed E-state index contributed by atoms with van der Waals surface area (Å²) in [6.45, 7) is 2.70. The molecular formula is C23H21F3N4O3. The standard InChI is InChI=1S/C23H21F3N4O3/c1-14-12-29(13-27-14)18-3-4-19-21(31)28(6-7-30(19)22(18)32)8-9-33-20-5-2-15(24)10-16(20)17-11-23(17,25)26/h2-5,10,12-13,17H,6-9,11H2,1H3. The molecule has 0 radical (unpaired) electrons. The fraction of sp³-hybridized carbons (Fsp3) is 0.348. The van der Waals surface area contributed by atoms with E-state index in [0.29, 0.717) is 18.8 Å². The molecule has 1 fully saturated rings. The summed E-state index contributed by atoms with van der Waals surface area (Å²) < 4.78 is 49.3. The third-order valence-electron chi connectivity index (χ3n) is 6.04. The number of aromatic nitrogens is 3. The summed E-state index contributed by atoms with van der Waals surface area (Å²) in [4.78, 5) is 31.5. The maximum atomic E-state index is 13.6. The number of aryl methyl sites for hydroxylation is 1. The lowest BCUT2D eigenvalue weighted by molar-refractivity contribution is 0.0672.